The fourth-order valence-electron chi connectivity index (χ4n) is 2.09. The second kappa shape index (κ2) is 9.80. The summed E-state index contributed by atoms with van der Waals surface area (Å²) in [6.45, 7) is 9.32. The van der Waals surface area contributed by atoms with Crippen LogP contribution >= 0.6 is 0 Å². The summed E-state index contributed by atoms with van der Waals surface area (Å²) in [5.74, 6) is 0. The fourth-order valence-corrected chi connectivity index (χ4v) is 2.09. The number of ether oxygens (including phenoxy) is 4. The molecule has 0 aliphatic carbocycles. The molecule has 0 amide bonds. The topological polar surface area (TPSA) is 86.5 Å². The van der Waals surface area contributed by atoms with Crippen LogP contribution in [0.3, 0.4) is 0 Å². The van der Waals surface area contributed by atoms with E-state index in [9.17, 15) is 0 Å². The zero-order valence-corrected chi connectivity index (χ0v) is 14.3. The van der Waals surface area contributed by atoms with Crippen LogP contribution < -0.4 is 5.73 Å². The number of rotatable bonds is 14. The van der Waals surface area contributed by atoms with E-state index >= 15 is 0 Å². The molecule has 3 unspecified atom stereocenters. The Morgan fingerprint density at radius 2 is 1.86 bits per heavy atom. The van der Waals surface area contributed by atoms with Crippen LogP contribution in [0.15, 0.2) is 0 Å². The minimum absolute atomic E-state index is 0.0356. The van der Waals surface area contributed by atoms with Gasteiger partial charge in [0.2, 0.25) is 0 Å². The Bertz CT molecular complexity index is 300. The van der Waals surface area contributed by atoms with Gasteiger partial charge in [-0.2, -0.15) is 0 Å². The van der Waals surface area contributed by atoms with E-state index in [1.807, 2.05) is 6.92 Å². The second-order valence-electron chi connectivity index (χ2n) is 6.17. The van der Waals surface area contributed by atoms with Crippen molar-refractivity contribution in [2.24, 2.45) is 5.73 Å². The van der Waals surface area contributed by atoms with E-state index in [0.29, 0.717) is 45.4 Å². The summed E-state index contributed by atoms with van der Waals surface area (Å²) in [5.41, 5.74) is 5.12. The third-order valence-electron chi connectivity index (χ3n) is 4.29. The van der Waals surface area contributed by atoms with Crippen molar-refractivity contribution in [3.8, 4) is 0 Å². The molecule has 0 spiro atoms. The van der Waals surface area contributed by atoms with Gasteiger partial charge in [-0.1, -0.05) is 13.8 Å². The summed E-state index contributed by atoms with van der Waals surface area (Å²) in [6, 6.07) is 0. The van der Waals surface area contributed by atoms with Crippen molar-refractivity contribution in [1.29, 1.82) is 0 Å². The molecule has 6 nitrogen and oxygen atoms in total. The molecule has 1 rings (SSSR count). The standard InChI is InChI=1S/C16H33NO5/c1-4-15(3,21-11-10-19-12-14-13-20-14)7-9-22-16(17,5-2)6-8-18/h14,18H,4-13,17H2,1-3H3. The molecule has 0 radical (unpaired) electrons. The number of aliphatic hydroxyl groups excluding tert-OH is 1. The lowest BCUT2D eigenvalue weighted by Crippen LogP contribution is -2.44. The van der Waals surface area contributed by atoms with Crippen molar-refractivity contribution in [3.63, 3.8) is 0 Å². The van der Waals surface area contributed by atoms with Crippen LogP contribution in [0, 0.1) is 0 Å². The maximum Gasteiger partial charge on any atom is 0.118 e. The average molecular weight is 319 g/mol. The van der Waals surface area contributed by atoms with Crippen LogP contribution in [-0.2, 0) is 18.9 Å². The van der Waals surface area contributed by atoms with Crippen LogP contribution in [0.5, 0.6) is 0 Å². The minimum Gasteiger partial charge on any atom is -0.396 e. The normalized spacial score (nSPS) is 23.0. The highest BCUT2D eigenvalue weighted by Gasteiger charge is 2.27. The van der Waals surface area contributed by atoms with Crippen molar-refractivity contribution in [1.82, 2.24) is 0 Å². The van der Waals surface area contributed by atoms with E-state index in [1.54, 1.807) is 0 Å². The van der Waals surface area contributed by atoms with E-state index in [1.165, 1.54) is 0 Å². The Kier molecular flexibility index (Phi) is 8.82. The van der Waals surface area contributed by atoms with Gasteiger partial charge < -0.3 is 29.8 Å². The summed E-state index contributed by atoms with van der Waals surface area (Å²) >= 11 is 0. The molecular weight excluding hydrogens is 286 g/mol. The van der Waals surface area contributed by atoms with E-state index in [-0.39, 0.29) is 12.2 Å². The van der Waals surface area contributed by atoms with Crippen LogP contribution in [0.25, 0.3) is 0 Å². The maximum atomic E-state index is 9.04. The van der Waals surface area contributed by atoms with Crippen molar-refractivity contribution in [2.75, 3.05) is 39.6 Å². The van der Waals surface area contributed by atoms with E-state index in [4.69, 9.17) is 29.8 Å². The molecule has 3 atom stereocenters. The first-order valence-corrected chi connectivity index (χ1v) is 8.34. The van der Waals surface area contributed by atoms with E-state index < -0.39 is 5.72 Å². The lowest BCUT2D eigenvalue weighted by atomic mass is 9.99. The smallest absolute Gasteiger partial charge is 0.118 e. The third-order valence-corrected chi connectivity index (χ3v) is 4.29. The van der Waals surface area contributed by atoms with Gasteiger partial charge in [0.15, 0.2) is 0 Å². The SMILES string of the molecule is CCC(C)(CCOC(N)(CC)CCO)OCCOCC1CO1. The molecule has 132 valence electrons. The molecule has 6 heteroatoms. The second-order valence-corrected chi connectivity index (χ2v) is 6.17. The lowest BCUT2D eigenvalue weighted by Gasteiger charge is -2.32. The van der Waals surface area contributed by atoms with E-state index in [2.05, 4.69) is 13.8 Å². The molecule has 0 aromatic carbocycles. The molecule has 1 aliphatic heterocycles. The summed E-state index contributed by atoms with van der Waals surface area (Å²) in [5, 5.41) is 9.04. The molecule has 0 bridgehead atoms. The minimum atomic E-state index is -0.739. The van der Waals surface area contributed by atoms with Crippen molar-refractivity contribution >= 4 is 0 Å². The van der Waals surface area contributed by atoms with E-state index in [0.717, 1.165) is 19.4 Å². The van der Waals surface area contributed by atoms with Crippen LogP contribution in [0.4, 0.5) is 0 Å². The zero-order valence-electron chi connectivity index (χ0n) is 14.3. The van der Waals surface area contributed by atoms with Gasteiger partial charge in [-0.25, -0.2) is 0 Å². The van der Waals surface area contributed by atoms with Gasteiger partial charge in [0.1, 0.15) is 11.8 Å². The predicted molar refractivity (Wildman–Crippen MR) is 84.7 cm³/mol. The lowest BCUT2D eigenvalue weighted by molar-refractivity contribution is -0.105. The monoisotopic (exact) mass is 319 g/mol. The number of epoxide rings is 1. The molecule has 0 saturated carbocycles. The van der Waals surface area contributed by atoms with Gasteiger partial charge in [0.25, 0.3) is 0 Å². The number of nitrogens with two attached hydrogens (primary N) is 1. The van der Waals surface area contributed by atoms with Crippen LogP contribution in [-0.4, -0.2) is 62.2 Å². The van der Waals surface area contributed by atoms with Crippen LogP contribution in [0.2, 0.25) is 0 Å². The van der Waals surface area contributed by atoms with Gasteiger partial charge in [0.05, 0.1) is 38.6 Å². The Labute approximate surface area is 134 Å². The average Bonchev–Trinajstić information content (AvgIpc) is 3.31. The molecule has 0 aromatic heterocycles. The van der Waals surface area contributed by atoms with Gasteiger partial charge >= 0.3 is 0 Å². The van der Waals surface area contributed by atoms with Crippen molar-refractivity contribution < 1.29 is 24.1 Å². The number of aliphatic hydroxyl groups is 1. The largest absolute Gasteiger partial charge is 0.396 e. The highest BCUT2D eigenvalue weighted by atomic mass is 16.6. The Hall–Kier alpha value is -0.240. The molecular formula is C16H33NO5. The first-order chi connectivity index (χ1) is 10.5. The Morgan fingerprint density at radius 1 is 1.14 bits per heavy atom. The Morgan fingerprint density at radius 3 is 2.41 bits per heavy atom. The molecule has 1 fully saturated rings. The first kappa shape index (κ1) is 19.8. The molecule has 0 aromatic rings. The fraction of sp³-hybridized carbons (Fsp3) is 1.00. The first-order valence-electron chi connectivity index (χ1n) is 8.34. The van der Waals surface area contributed by atoms with Crippen molar-refractivity contribution in [3.05, 3.63) is 0 Å². The summed E-state index contributed by atoms with van der Waals surface area (Å²) in [4.78, 5) is 0. The quantitative estimate of drug-likeness (QED) is 0.286. The third kappa shape index (κ3) is 7.85. The maximum absolute atomic E-state index is 9.04. The van der Waals surface area contributed by atoms with Gasteiger partial charge in [0, 0.05) is 13.0 Å². The molecule has 22 heavy (non-hydrogen) atoms. The van der Waals surface area contributed by atoms with Crippen molar-refractivity contribution in [2.45, 2.75) is 63.9 Å². The zero-order chi connectivity index (χ0) is 16.5. The molecule has 1 heterocycles. The number of hydrogen-bond acceptors (Lipinski definition) is 6. The Balaban J connectivity index is 2.19. The highest BCUT2D eigenvalue weighted by molar-refractivity contribution is 4.76. The van der Waals surface area contributed by atoms with Crippen LogP contribution in [0.1, 0.15) is 46.5 Å². The highest BCUT2D eigenvalue weighted by Crippen LogP contribution is 2.22. The summed E-state index contributed by atoms with van der Waals surface area (Å²) in [7, 11) is 0. The molecule has 1 saturated heterocycles. The number of hydrogen-bond donors (Lipinski definition) is 2. The van der Waals surface area contributed by atoms with Gasteiger partial charge in [-0.15, -0.1) is 0 Å². The molecule has 1 aliphatic rings. The molecule has 3 N–H and O–H groups in total. The van der Waals surface area contributed by atoms with Gasteiger partial charge in [-0.05, 0) is 26.2 Å². The predicted octanol–water partition coefficient (Wildman–Crippen LogP) is 1.44. The summed E-state index contributed by atoms with van der Waals surface area (Å²) in [6.07, 6.45) is 3.08. The summed E-state index contributed by atoms with van der Waals surface area (Å²) < 4.78 is 22.3. The van der Waals surface area contributed by atoms with Gasteiger partial charge in [-0.3, -0.25) is 0 Å².